The second-order valence-electron chi connectivity index (χ2n) is 5.50. The zero-order valence-corrected chi connectivity index (χ0v) is 11.2. The smallest absolute Gasteiger partial charge is 0.125 e. The minimum atomic E-state index is -0.248. The number of unbranched alkanes of at least 4 members (excludes halogenated alkanes) is 2. The van der Waals surface area contributed by atoms with Crippen LogP contribution in [0.5, 0.6) is 5.75 Å². The molecule has 0 saturated carbocycles. The minimum absolute atomic E-state index is 0.129. The van der Waals surface area contributed by atoms with Gasteiger partial charge in [-0.3, -0.25) is 0 Å². The highest BCUT2D eigenvalue weighted by Gasteiger charge is 2.35. The molecule has 1 aliphatic rings. The van der Waals surface area contributed by atoms with Crippen molar-refractivity contribution in [3.05, 3.63) is 29.6 Å². The van der Waals surface area contributed by atoms with Gasteiger partial charge in [-0.25, -0.2) is 4.39 Å². The maximum atomic E-state index is 13.2. The molecule has 2 N–H and O–H groups in total. The quantitative estimate of drug-likeness (QED) is 0.822. The first kappa shape index (κ1) is 13.3. The molecule has 2 rings (SSSR count). The summed E-state index contributed by atoms with van der Waals surface area (Å²) in [6, 6.07) is 4.49. The van der Waals surface area contributed by atoms with Gasteiger partial charge in [-0.1, -0.05) is 19.8 Å². The van der Waals surface area contributed by atoms with Gasteiger partial charge in [-0.05, 0) is 38.0 Å². The Labute approximate surface area is 108 Å². The highest BCUT2D eigenvalue weighted by atomic mass is 19.1. The van der Waals surface area contributed by atoms with E-state index in [1.165, 1.54) is 25.0 Å². The van der Waals surface area contributed by atoms with Gasteiger partial charge in [0.2, 0.25) is 0 Å². The van der Waals surface area contributed by atoms with E-state index < -0.39 is 0 Å². The van der Waals surface area contributed by atoms with Crippen LogP contribution < -0.4 is 10.5 Å². The van der Waals surface area contributed by atoms with Crippen molar-refractivity contribution in [1.29, 1.82) is 0 Å². The number of nitrogens with two attached hydrogens (primary N) is 1. The molecule has 18 heavy (non-hydrogen) atoms. The molecule has 0 aromatic heterocycles. The highest BCUT2D eigenvalue weighted by Crippen LogP contribution is 2.40. The molecule has 0 aliphatic carbocycles. The summed E-state index contributed by atoms with van der Waals surface area (Å²) in [6.07, 6.45) is 5.32. The molecular weight excluding hydrogens is 229 g/mol. The third-order valence-electron chi connectivity index (χ3n) is 3.69. The van der Waals surface area contributed by atoms with Crippen LogP contribution in [0.3, 0.4) is 0 Å². The molecule has 2 nitrogen and oxygen atoms in total. The number of rotatable bonds is 4. The van der Waals surface area contributed by atoms with Crippen LogP contribution in [0.2, 0.25) is 0 Å². The summed E-state index contributed by atoms with van der Waals surface area (Å²) in [5.74, 6) is 0.497. The first-order valence-electron chi connectivity index (χ1n) is 6.78. The van der Waals surface area contributed by atoms with Crippen LogP contribution in [0.4, 0.5) is 4.39 Å². The highest BCUT2D eigenvalue weighted by molar-refractivity contribution is 5.39. The Morgan fingerprint density at radius 1 is 1.44 bits per heavy atom. The fraction of sp³-hybridized carbons (Fsp3) is 0.600. The molecule has 1 heterocycles. The van der Waals surface area contributed by atoms with E-state index in [-0.39, 0.29) is 17.5 Å². The van der Waals surface area contributed by atoms with Crippen molar-refractivity contribution < 1.29 is 9.13 Å². The van der Waals surface area contributed by atoms with E-state index in [1.54, 1.807) is 6.07 Å². The SMILES string of the molecule is CCCCCC1(C)C[C@@H](N)c2cc(F)ccc2O1. The second kappa shape index (κ2) is 5.27. The Balaban J connectivity index is 2.14. The molecule has 0 spiro atoms. The van der Waals surface area contributed by atoms with Gasteiger partial charge < -0.3 is 10.5 Å². The average molecular weight is 251 g/mol. The molecule has 0 fully saturated rings. The number of halogens is 1. The maximum Gasteiger partial charge on any atom is 0.125 e. The van der Waals surface area contributed by atoms with Gasteiger partial charge in [0.25, 0.3) is 0 Å². The van der Waals surface area contributed by atoms with E-state index in [1.807, 2.05) is 0 Å². The Morgan fingerprint density at radius 3 is 2.94 bits per heavy atom. The standard InChI is InChI=1S/C15H22FNO/c1-3-4-5-8-15(2)10-13(17)12-9-11(16)6-7-14(12)18-15/h6-7,9,13H,3-5,8,10,17H2,1-2H3/t13-,15?/m1/s1. The van der Waals surface area contributed by atoms with Gasteiger partial charge in [0.05, 0.1) is 0 Å². The van der Waals surface area contributed by atoms with Gasteiger partial charge in [0.15, 0.2) is 0 Å². The lowest BCUT2D eigenvalue weighted by molar-refractivity contribution is 0.0429. The van der Waals surface area contributed by atoms with Gasteiger partial charge in [0, 0.05) is 18.0 Å². The summed E-state index contributed by atoms with van der Waals surface area (Å²) in [6.45, 7) is 4.29. The van der Waals surface area contributed by atoms with E-state index in [4.69, 9.17) is 10.5 Å². The van der Waals surface area contributed by atoms with Crippen LogP contribution in [0.25, 0.3) is 0 Å². The molecule has 0 saturated heterocycles. The Kier molecular flexibility index (Phi) is 3.91. The minimum Gasteiger partial charge on any atom is -0.487 e. The summed E-state index contributed by atoms with van der Waals surface area (Å²) >= 11 is 0. The third kappa shape index (κ3) is 2.83. The summed E-state index contributed by atoms with van der Waals surface area (Å²) < 4.78 is 19.2. The summed E-state index contributed by atoms with van der Waals surface area (Å²) in [4.78, 5) is 0. The Bertz CT molecular complexity index is 421. The van der Waals surface area contributed by atoms with Gasteiger partial charge in [-0.15, -0.1) is 0 Å². The van der Waals surface area contributed by atoms with E-state index in [2.05, 4.69) is 13.8 Å². The zero-order valence-electron chi connectivity index (χ0n) is 11.2. The summed E-state index contributed by atoms with van der Waals surface area (Å²) in [5.41, 5.74) is 6.73. The lowest BCUT2D eigenvalue weighted by atomic mass is 9.85. The van der Waals surface area contributed by atoms with Crippen LogP contribution in [-0.4, -0.2) is 5.60 Å². The van der Waals surface area contributed by atoms with E-state index in [0.717, 1.165) is 30.6 Å². The first-order chi connectivity index (χ1) is 8.54. The number of hydrogen-bond acceptors (Lipinski definition) is 2. The van der Waals surface area contributed by atoms with Crippen LogP contribution in [0, 0.1) is 5.82 Å². The van der Waals surface area contributed by atoms with Crippen LogP contribution >= 0.6 is 0 Å². The van der Waals surface area contributed by atoms with Crippen LogP contribution in [-0.2, 0) is 0 Å². The van der Waals surface area contributed by atoms with Crippen LogP contribution in [0.1, 0.15) is 57.6 Å². The molecule has 0 radical (unpaired) electrons. The fourth-order valence-corrected chi connectivity index (χ4v) is 2.69. The summed E-state index contributed by atoms with van der Waals surface area (Å²) in [7, 11) is 0. The van der Waals surface area contributed by atoms with Gasteiger partial charge in [0.1, 0.15) is 17.2 Å². The molecule has 1 unspecified atom stereocenters. The predicted molar refractivity (Wildman–Crippen MR) is 71.1 cm³/mol. The molecule has 0 amide bonds. The largest absolute Gasteiger partial charge is 0.487 e. The average Bonchev–Trinajstić information content (AvgIpc) is 2.31. The Hall–Kier alpha value is -1.09. The molecule has 1 aliphatic heterocycles. The van der Waals surface area contributed by atoms with E-state index in [0.29, 0.717) is 0 Å². The zero-order chi connectivity index (χ0) is 13.2. The summed E-state index contributed by atoms with van der Waals surface area (Å²) in [5, 5.41) is 0. The van der Waals surface area contributed by atoms with Crippen molar-refractivity contribution in [2.24, 2.45) is 5.73 Å². The molecule has 100 valence electrons. The number of ether oxygens (including phenoxy) is 1. The molecular formula is C15H22FNO. The first-order valence-corrected chi connectivity index (χ1v) is 6.78. The van der Waals surface area contributed by atoms with Crippen molar-refractivity contribution in [2.45, 2.75) is 57.6 Å². The van der Waals surface area contributed by atoms with Crippen molar-refractivity contribution in [3.63, 3.8) is 0 Å². The van der Waals surface area contributed by atoms with Gasteiger partial charge in [-0.2, -0.15) is 0 Å². The molecule has 0 bridgehead atoms. The topological polar surface area (TPSA) is 35.2 Å². The van der Waals surface area contributed by atoms with Crippen molar-refractivity contribution in [2.75, 3.05) is 0 Å². The lowest BCUT2D eigenvalue weighted by Gasteiger charge is -2.39. The van der Waals surface area contributed by atoms with Crippen LogP contribution in [0.15, 0.2) is 18.2 Å². The van der Waals surface area contributed by atoms with Gasteiger partial charge >= 0.3 is 0 Å². The van der Waals surface area contributed by atoms with Crippen molar-refractivity contribution in [3.8, 4) is 5.75 Å². The van der Waals surface area contributed by atoms with E-state index >= 15 is 0 Å². The molecule has 1 aromatic rings. The Morgan fingerprint density at radius 2 is 2.22 bits per heavy atom. The lowest BCUT2D eigenvalue weighted by Crippen LogP contribution is -2.40. The third-order valence-corrected chi connectivity index (χ3v) is 3.69. The maximum absolute atomic E-state index is 13.2. The molecule has 1 aromatic carbocycles. The monoisotopic (exact) mass is 251 g/mol. The number of benzene rings is 1. The molecule has 2 atom stereocenters. The fourth-order valence-electron chi connectivity index (χ4n) is 2.69. The van der Waals surface area contributed by atoms with E-state index in [9.17, 15) is 4.39 Å². The predicted octanol–water partition coefficient (Wildman–Crippen LogP) is 3.95. The number of hydrogen-bond donors (Lipinski definition) is 1. The van der Waals surface area contributed by atoms with Crippen molar-refractivity contribution in [1.82, 2.24) is 0 Å². The van der Waals surface area contributed by atoms with Crippen molar-refractivity contribution >= 4 is 0 Å². The molecule has 3 heteroatoms. The second-order valence-corrected chi connectivity index (χ2v) is 5.50. The normalized spacial score (nSPS) is 26.6. The number of fused-ring (bicyclic) bond motifs is 1.